The number of benzene rings is 1. The molecule has 1 aromatic heterocycles. The summed E-state index contributed by atoms with van der Waals surface area (Å²) in [6.45, 7) is 7.17. The summed E-state index contributed by atoms with van der Waals surface area (Å²) in [6, 6.07) is 8.00. The van der Waals surface area contributed by atoms with Gasteiger partial charge in [0.2, 0.25) is 0 Å². The Bertz CT molecular complexity index is 719. The third kappa shape index (κ3) is 4.04. The number of nitrogens with one attached hydrogen (secondary N) is 1. The van der Waals surface area contributed by atoms with E-state index >= 15 is 0 Å². The Hall–Kier alpha value is -2.28. The van der Waals surface area contributed by atoms with Crippen LogP contribution in [0.5, 0.6) is 0 Å². The number of guanidine groups is 1. The average Bonchev–Trinajstić information content (AvgIpc) is 3.11. The minimum atomic E-state index is 0.616. The molecule has 7 nitrogen and oxygen atoms in total. The molecule has 134 valence electrons. The van der Waals surface area contributed by atoms with E-state index in [0.717, 1.165) is 55.2 Å². The van der Waals surface area contributed by atoms with Gasteiger partial charge in [0, 0.05) is 39.8 Å². The van der Waals surface area contributed by atoms with E-state index in [2.05, 4.69) is 43.3 Å². The molecule has 0 saturated carbocycles. The first-order valence-corrected chi connectivity index (χ1v) is 8.92. The zero-order chi connectivity index (χ0) is 17.6. The molecule has 1 aliphatic heterocycles. The highest BCUT2D eigenvalue weighted by molar-refractivity contribution is 6.33. The van der Waals surface area contributed by atoms with Crippen LogP contribution < -0.4 is 10.2 Å². The number of hydrogen-bond acceptors (Lipinski definition) is 4. The van der Waals surface area contributed by atoms with E-state index in [4.69, 9.17) is 11.6 Å². The largest absolute Gasteiger partial charge is 0.367 e. The first-order chi connectivity index (χ1) is 12.2. The lowest BCUT2D eigenvalue weighted by Gasteiger charge is -2.38. The molecule has 0 unspecified atom stereocenters. The van der Waals surface area contributed by atoms with Gasteiger partial charge in [0.05, 0.1) is 17.3 Å². The number of aryl methyl sites for hydroxylation is 1. The van der Waals surface area contributed by atoms with E-state index in [-0.39, 0.29) is 0 Å². The maximum absolute atomic E-state index is 6.31. The third-order valence-corrected chi connectivity index (χ3v) is 4.74. The van der Waals surface area contributed by atoms with Gasteiger partial charge in [-0.15, -0.1) is 10.2 Å². The summed E-state index contributed by atoms with van der Waals surface area (Å²) < 4.78 is 2.02. The van der Waals surface area contributed by atoms with Crippen LogP contribution in [0.25, 0.3) is 0 Å². The molecule has 1 aromatic carbocycles. The van der Waals surface area contributed by atoms with Gasteiger partial charge in [-0.3, -0.25) is 4.99 Å². The highest BCUT2D eigenvalue weighted by Crippen LogP contribution is 2.25. The molecule has 25 heavy (non-hydrogen) atoms. The summed E-state index contributed by atoms with van der Waals surface area (Å²) in [5, 5.41) is 12.3. The van der Waals surface area contributed by atoms with Gasteiger partial charge in [-0.2, -0.15) is 0 Å². The van der Waals surface area contributed by atoms with Gasteiger partial charge >= 0.3 is 0 Å². The molecule has 0 aliphatic carbocycles. The summed E-state index contributed by atoms with van der Waals surface area (Å²) >= 11 is 6.31. The van der Waals surface area contributed by atoms with Gasteiger partial charge in [0.25, 0.3) is 0 Å². The number of nitrogens with zero attached hydrogens (tertiary/aromatic N) is 6. The molecule has 1 N–H and O–H groups in total. The van der Waals surface area contributed by atoms with E-state index in [9.17, 15) is 0 Å². The Kier molecular flexibility index (Phi) is 5.75. The highest BCUT2D eigenvalue weighted by Gasteiger charge is 2.21. The van der Waals surface area contributed by atoms with E-state index in [1.807, 2.05) is 29.8 Å². The lowest BCUT2D eigenvalue weighted by atomic mass is 10.2. The fraction of sp³-hybridized carbons (Fsp3) is 0.471. The average molecular weight is 362 g/mol. The van der Waals surface area contributed by atoms with Crippen molar-refractivity contribution in [2.24, 2.45) is 4.99 Å². The first kappa shape index (κ1) is 17.5. The third-order valence-electron chi connectivity index (χ3n) is 4.43. The molecule has 0 radical (unpaired) electrons. The van der Waals surface area contributed by atoms with E-state index < -0.39 is 0 Å². The van der Waals surface area contributed by atoms with Crippen molar-refractivity contribution in [2.75, 3.05) is 38.1 Å². The number of aliphatic imine (C=N–C) groups is 1. The van der Waals surface area contributed by atoms with Crippen molar-refractivity contribution in [1.82, 2.24) is 25.0 Å². The van der Waals surface area contributed by atoms with Crippen molar-refractivity contribution in [1.29, 1.82) is 0 Å². The summed E-state index contributed by atoms with van der Waals surface area (Å²) in [4.78, 5) is 8.99. The second-order valence-electron chi connectivity index (χ2n) is 5.86. The number of halogens is 1. The second-order valence-corrected chi connectivity index (χ2v) is 6.27. The zero-order valence-electron chi connectivity index (χ0n) is 14.7. The number of anilines is 1. The van der Waals surface area contributed by atoms with Crippen molar-refractivity contribution >= 4 is 23.2 Å². The van der Waals surface area contributed by atoms with Gasteiger partial charge in [-0.1, -0.05) is 23.7 Å². The Labute approximate surface area is 153 Å². The van der Waals surface area contributed by atoms with Crippen LogP contribution in [0.15, 0.2) is 35.6 Å². The van der Waals surface area contributed by atoms with Crippen LogP contribution in [-0.4, -0.2) is 58.9 Å². The van der Waals surface area contributed by atoms with Gasteiger partial charge in [-0.05, 0) is 19.1 Å². The fourth-order valence-corrected chi connectivity index (χ4v) is 3.29. The minimum absolute atomic E-state index is 0.616. The zero-order valence-corrected chi connectivity index (χ0v) is 15.4. The van der Waals surface area contributed by atoms with Crippen LogP contribution in [0.2, 0.25) is 5.02 Å². The van der Waals surface area contributed by atoms with Crippen molar-refractivity contribution in [3.05, 3.63) is 41.4 Å². The van der Waals surface area contributed by atoms with Crippen LogP contribution >= 0.6 is 11.6 Å². The quantitative estimate of drug-likeness (QED) is 0.665. The summed E-state index contributed by atoms with van der Waals surface area (Å²) in [6.07, 6.45) is 1.75. The smallest absolute Gasteiger partial charge is 0.194 e. The number of hydrogen-bond donors (Lipinski definition) is 1. The molecule has 1 saturated heterocycles. The topological polar surface area (TPSA) is 61.6 Å². The number of para-hydroxylation sites is 1. The van der Waals surface area contributed by atoms with Crippen molar-refractivity contribution < 1.29 is 0 Å². The number of aromatic nitrogens is 3. The SMILES string of the molecule is CCn1cnnc1CNC(=NC)N1CCN(c2ccccc2Cl)CC1. The van der Waals surface area contributed by atoms with Crippen LogP contribution in [0.3, 0.4) is 0 Å². The normalized spacial score (nSPS) is 15.6. The standard InChI is InChI=1S/C17H24ClN7/c1-3-23-13-21-22-16(23)12-20-17(19-2)25-10-8-24(9-11-25)15-7-5-4-6-14(15)18/h4-7,13H,3,8-12H2,1-2H3,(H,19,20). The monoisotopic (exact) mass is 361 g/mol. The molecule has 2 aromatic rings. The molecule has 1 fully saturated rings. The first-order valence-electron chi connectivity index (χ1n) is 8.54. The fourth-order valence-electron chi connectivity index (χ4n) is 3.04. The minimum Gasteiger partial charge on any atom is -0.367 e. The predicted molar refractivity (Wildman–Crippen MR) is 101 cm³/mol. The van der Waals surface area contributed by atoms with Crippen molar-refractivity contribution in [3.8, 4) is 0 Å². The van der Waals surface area contributed by atoms with Crippen molar-refractivity contribution in [3.63, 3.8) is 0 Å². The lowest BCUT2D eigenvalue weighted by Crippen LogP contribution is -2.52. The molecule has 2 heterocycles. The van der Waals surface area contributed by atoms with Crippen LogP contribution in [-0.2, 0) is 13.1 Å². The molecular weight excluding hydrogens is 338 g/mol. The molecule has 0 amide bonds. The van der Waals surface area contributed by atoms with Gasteiger partial charge < -0.3 is 19.7 Å². The molecular formula is C17H24ClN7. The van der Waals surface area contributed by atoms with E-state index in [0.29, 0.717) is 6.54 Å². The Balaban J connectivity index is 1.56. The number of rotatable bonds is 4. The Morgan fingerprint density at radius 2 is 2.00 bits per heavy atom. The molecule has 8 heteroatoms. The van der Waals surface area contributed by atoms with E-state index in [1.165, 1.54) is 0 Å². The van der Waals surface area contributed by atoms with Crippen LogP contribution in [0.4, 0.5) is 5.69 Å². The van der Waals surface area contributed by atoms with Gasteiger partial charge in [0.15, 0.2) is 11.8 Å². The molecule has 0 bridgehead atoms. The number of piperazine rings is 1. The second kappa shape index (κ2) is 8.20. The van der Waals surface area contributed by atoms with E-state index in [1.54, 1.807) is 6.33 Å². The highest BCUT2D eigenvalue weighted by atomic mass is 35.5. The lowest BCUT2D eigenvalue weighted by molar-refractivity contribution is 0.371. The van der Waals surface area contributed by atoms with Crippen LogP contribution in [0, 0.1) is 0 Å². The van der Waals surface area contributed by atoms with Gasteiger partial charge in [0.1, 0.15) is 6.33 Å². The molecule has 0 atom stereocenters. The molecule has 3 rings (SSSR count). The molecule has 0 spiro atoms. The van der Waals surface area contributed by atoms with Crippen LogP contribution in [0.1, 0.15) is 12.7 Å². The van der Waals surface area contributed by atoms with Crippen molar-refractivity contribution in [2.45, 2.75) is 20.0 Å². The summed E-state index contributed by atoms with van der Waals surface area (Å²) in [5.41, 5.74) is 1.10. The Morgan fingerprint density at radius 1 is 1.24 bits per heavy atom. The maximum atomic E-state index is 6.31. The summed E-state index contributed by atoms with van der Waals surface area (Å²) in [7, 11) is 1.81. The predicted octanol–water partition coefficient (Wildman–Crippen LogP) is 1.85. The summed E-state index contributed by atoms with van der Waals surface area (Å²) in [5.74, 6) is 1.81. The molecule has 1 aliphatic rings. The maximum Gasteiger partial charge on any atom is 0.194 e. The Morgan fingerprint density at radius 3 is 2.68 bits per heavy atom. The van der Waals surface area contributed by atoms with Gasteiger partial charge in [-0.25, -0.2) is 0 Å².